The van der Waals surface area contributed by atoms with Crippen LogP contribution in [0.3, 0.4) is 0 Å². The zero-order chi connectivity index (χ0) is 16.4. The lowest BCUT2D eigenvalue weighted by Crippen LogP contribution is -2.52. The summed E-state index contributed by atoms with van der Waals surface area (Å²) in [6, 6.07) is 7.05. The Morgan fingerprint density at radius 2 is 2.09 bits per heavy atom. The van der Waals surface area contributed by atoms with Crippen molar-refractivity contribution in [1.82, 2.24) is 4.98 Å². The number of carbonyl (C=O) groups excluding carboxylic acids is 1. The van der Waals surface area contributed by atoms with Gasteiger partial charge in [-0.2, -0.15) is 0 Å². The summed E-state index contributed by atoms with van der Waals surface area (Å²) >= 11 is 2.03. The van der Waals surface area contributed by atoms with E-state index in [1.807, 2.05) is 12.1 Å². The van der Waals surface area contributed by atoms with Crippen molar-refractivity contribution in [3.8, 4) is 5.75 Å². The van der Waals surface area contributed by atoms with Crippen molar-refractivity contribution in [1.29, 1.82) is 0 Å². The molecule has 0 fully saturated rings. The molecule has 3 heterocycles. The van der Waals surface area contributed by atoms with Crippen molar-refractivity contribution in [2.45, 2.75) is 22.6 Å². The van der Waals surface area contributed by atoms with E-state index in [0.29, 0.717) is 15.7 Å². The van der Waals surface area contributed by atoms with Gasteiger partial charge in [0.1, 0.15) is 10.5 Å². The van der Waals surface area contributed by atoms with Gasteiger partial charge in [0.15, 0.2) is 0 Å². The highest BCUT2D eigenvalue weighted by Gasteiger charge is 2.58. The Bertz CT molecular complexity index is 901. The second-order valence-corrected chi connectivity index (χ2v) is 8.11. The third-order valence-corrected chi connectivity index (χ3v) is 6.78. The van der Waals surface area contributed by atoms with Crippen molar-refractivity contribution in [3.05, 3.63) is 44.4 Å². The molecule has 2 aliphatic heterocycles. The lowest BCUT2D eigenvalue weighted by Gasteiger charge is -2.42. The van der Waals surface area contributed by atoms with Gasteiger partial charge in [-0.05, 0) is 13.0 Å². The van der Waals surface area contributed by atoms with E-state index < -0.39 is 28.5 Å². The normalized spacial score (nSPS) is 28.3. The fourth-order valence-electron chi connectivity index (χ4n) is 3.21. The number of para-hydroxylation sites is 1. The molecule has 1 aromatic heterocycles. The van der Waals surface area contributed by atoms with Crippen molar-refractivity contribution in [2.24, 2.45) is 5.92 Å². The smallest absolute Gasteiger partial charge is 0.320 e. The molecule has 6 nitrogen and oxygen atoms in total. The number of thiazole rings is 1. The standard InChI is InChI=1S/C15H11NO5S2/c1-15(13(18)19)9-8(10-11(23-15)16-14(20)22-10)6-4-2-3-5-7(6)21-12(9)17/h2-5,8-9H,1H3,(H,16,20)(H,18,19)/t8-,9+,15+/m1/s1. The van der Waals surface area contributed by atoms with Gasteiger partial charge in [-0.1, -0.05) is 41.3 Å². The lowest BCUT2D eigenvalue weighted by atomic mass is 9.75. The summed E-state index contributed by atoms with van der Waals surface area (Å²) in [6.45, 7) is 1.51. The average Bonchev–Trinajstić information content (AvgIpc) is 2.86. The number of hydrogen-bond donors (Lipinski definition) is 2. The van der Waals surface area contributed by atoms with Crippen LogP contribution in [0.4, 0.5) is 0 Å². The van der Waals surface area contributed by atoms with Gasteiger partial charge in [-0.3, -0.25) is 14.4 Å². The molecule has 0 bridgehead atoms. The van der Waals surface area contributed by atoms with Gasteiger partial charge < -0.3 is 14.8 Å². The molecule has 0 saturated carbocycles. The summed E-state index contributed by atoms with van der Waals surface area (Å²) in [5, 5.41) is 10.2. The van der Waals surface area contributed by atoms with Crippen LogP contribution in [0.1, 0.15) is 23.3 Å². The SMILES string of the molecule is C[C@]1(C(=O)O)Sc2[nH]c(=O)sc2[C@@H]2c3ccccc3OC(=O)[C@H]21. The van der Waals surface area contributed by atoms with Crippen molar-refractivity contribution in [2.75, 3.05) is 0 Å². The third-order valence-electron chi connectivity index (χ3n) is 4.31. The second kappa shape index (κ2) is 4.72. The first-order valence-electron chi connectivity index (χ1n) is 6.88. The predicted molar refractivity (Wildman–Crippen MR) is 84.2 cm³/mol. The number of ether oxygens (including phenoxy) is 1. The van der Waals surface area contributed by atoms with Gasteiger partial charge in [0.25, 0.3) is 0 Å². The Balaban J connectivity index is 2.03. The maximum atomic E-state index is 12.5. The number of aliphatic carboxylic acids is 1. The van der Waals surface area contributed by atoms with E-state index in [0.717, 1.165) is 28.7 Å². The molecule has 0 unspecified atom stereocenters. The van der Waals surface area contributed by atoms with Gasteiger partial charge in [-0.15, -0.1) is 0 Å². The minimum atomic E-state index is -1.41. The van der Waals surface area contributed by atoms with Crippen LogP contribution in [0.5, 0.6) is 5.75 Å². The topological polar surface area (TPSA) is 96.5 Å². The average molecular weight is 349 g/mol. The number of H-pyrrole nitrogens is 1. The predicted octanol–water partition coefficient (Wildman–Crippen LogP) is 2.05. The van der Waals surface area contributed by atoms with E-state index in [2.05, 4.69) is 4.98 Å². The molecule has 0 radical (unpaired) electrons. The van der Waals surface area contributed by atoms with Crippen molar-refractivity contribution >= 4 is 35.0 Å². The van der Waals surface area contributed by atoms with Gasteiger partial charge in [-0.25, -0.2) is 0 Å². The molecule has 0 aliphatic carbocycles. The molecule has 0 amide bonds. The van der Waals surface area contributed by atoms with E-state index in [-0.39, 0.29) is 4.87 Å². The third kappa shape index (κ3) is 1.91. The minimum absolute atomic E-state index is 0.257. The quantitative estimate of drug-likeness (QED) is 0.604. The maximum Gasteiger partial charge on any atom is 0.320 e. The zero-order valence-electron chi connectivity index (χ0n) is 11.9. The molecule has 0 spiro atoms. The van der Waals surface area contributed by atoms with Crippen LogP contribution in [0.2, 0.25) is 0 Å². The Kier molecular flexibility index (Phi) is 2.98. The largest absolute Gasteiger partial charge is 0.480 e. The first kappa shape index (κ1) is 14.5. The van der Waals surface area contributed by atoms with Gasteiger partial charge in [0.2, 0.25) is 0 Å². The number of benzene rings is 1. The summed E-state index contributed by atoms with van der Waals surface area (Å²) in [5.41, 5.74) is 0.737. The number of esters is 1. The Morgan fingerprint density at radius 1 is 1.35 bits per heavy atom. The number of fused-ring (bicyclic) bond motifs is 5. The van der Waals surface area contributed by atoms with Gasteiger partial charge in [0.05, 0.1) is 10.9 Å². The second-order valence-electron chi connectivity index (χ2n) is 5.64. The highest BCUT2D eigenvalue weighted by atomic mass is 32.2. The van der Waals surface area contributed by atoms with Crippen LogP contribution in [-0.2, 0) is 9.59 Å². The van der Waals surface area contributed by atoms with Crippen LogP contribution in [0, 0.1) is 5.92 Å². The van der Waals surface area contributed by atoms with Gasteiger partial charge in [0, 0.05) is 16.4 Å². The number of aromatic amines is 1. The molecular weight excluding hydrogens is 338 g/mol. The summed E-state index contributed by atoms with van der Waals surface area (Å²) in [4.78, 5) is 39.4. The molecule has 1 aromatic carbocycles. The Morgan fingerprint density at radius 3 is 2.83 bits per heavy atom. The molecule has 4 rings (SSSR count). The highest BCUT2D eigenvalue weighted by Crippen LogP contribution is 2.57. The van der Waals surface area contributed by atoms with Crippen LogP contribution >= 0.6 is 23.1 Å². The van der Waals surface area contributed by atoms with Gasteiger partial charge >= 0.3 is 16.8 Å². The first-order valence-corrected chi connectivity index (χ1v) is 8.51. The number of nitrogens with one attached hydrogen (secondary N) is 1. The lowest BCUT2D eigenvalue weighted by molar-refractivity contribution is -0.151. The van der Waals surface area contributed by atoms with Crippen LogP contribution in [-0.4, -0.2) is 26.8 Å². The number of thioether (sulfide) groups is 1. The molecule has 0 saturated heterocycles. The van der Waals surface area contributed by atoms with E-state index in [9.17, 15) is 19.5 Å². The fourth-order valence-corrected chi connectivity index (χ4v) is 5.66. The van der Waals surface area contributed by atoms with E-state index in [4.69, 9.17) is 4.74 Å². The molecule has 2 aliphatic rings. The van der Waals surface area contributed by atoms with Crippen LogP contribution in [0.15, 0.2) is 34.1 Å². The zero-order valence-corrected chi connectivity index (χ0v) is 13.5. The monoisotopic (exact) mass is 349 g/mol. The molecule has 118 valence electrons. The van der Waals surface area contributed by atoms with E-state index >= 15 is 0 Å². The molecule has 2 N–H and O–H groups in total. The van der Waals surface area contributed by atoms with Crippen LogP contribution < -0.4 is 9.61 Å². The van der Waals surface area contributed by atoms with Crippen LogP contribution in [0.25, 0.3) is 0 Å². The molecule has 8 heteroatoms. The molecule has 23 heavy (non-hydrogen) atoms. The number of carboxylic acid groups (broad SMARTS) is 1. The first-order chi connectivity index (χ1) is 10.9. The summed E-state index contributed by atoms with van der Waals surface area (Å²) in [5.74, 6) is -2.64. The number of carboxylic acids is 1. The number of carbonyl (C=O) groups is 2. The molecule has 3 atom stereocenters. The molecular formula is C15H11NO5S2. The Labute approximate surface area is 138 Å². The van der Waals surface area contributed by atoms with Crippen molar-refractivity contribution in [3.63, 3.8) is 0 Å². The number of rotatable bonds is 1. The number of hydrogen-bond acceptors (Lipinski definition) is 6. The maximum absolute atomic E-state index is 12.5. The Hall–Kier alpha value is -2.06. The van der Waals surface area contributed by atoms with E-state index in [1.54, 1.807) is 12.1 Å². The summed E-state index contributed by atoms with van der Waals surface area (Å²) in [6.07, 6.45) is 0. The summed E-state index contributed by atoms with van der Waals surface area (Å²) < 4.78 is 3.96. The number of aromatic nitrogens is 1. The van der Waals surface area contributed by atoms with E-state index in [1.165, 1.54) is 6.92 Å². The fraction of sp³-hybridized carbons (Fsp3) is 0.267. The van der Waals surface area contributed by atoms with Crippen molar-refractivity contribution < 1.29 is 19.4 Å². The summed E-state index contributed by atoms with van der Waals surface area (Å²) in [7, 11) is 0. The minimum Gasteiger partial charge on any atom is -0.480 e. The molecule has 2 aromatic rings. The highest BCUT2D eigenvalue weighted by molar-refractivity contribution is 8.01.